The highest BCUT2D eigenvalue weighted by Gasteiger charge is 2.15. The van der Waals surface area contributed by atoms with Gasteiger partial charge in [0.25, 0.3) is 5.91 Å². The maximum atomic E-state index is 12.0. The van der Waals surface area contributed by atoms with Crippen molar-refractivity contribution >= 4 is 17.8 Å². The van der Waals surface area contributed by atoms with Crippen LogP contribution < -0.4 is 10.6 Å². The quantitative estimate of drug-likeness (QED) is 0.577. The Kier molecular flexibility index (Phi) is 8.29. The molecule has 0 unspecified atom stereocenters. The fourth-order valence-electron chi connectivity index (χ4n) is 3.09. The van der Waals surface area contributed by atoms with Crippen molar-refractivity contribution < 1.29 is 9.59 Å². The molecule has 1 aliphatic carbocycles. The lowest BCUT2D eigenvalue weighted by Crippen LogP contribution is -2.47. The number of amides is 2. The van der Waals surface area contributed by atoms with E-state index < -0.39 is 0 Å². The van der Waals surface area contributed by atoms with Crippen LogP contribution in [-0.4, -0.2) is 68.4 Å². The fourth-order valence-corrected chi connectivity index (χ4v) is 3.09. The first-order valence-electron chi connectivity index (χ1n) is 9.92. The highest BCUT2D eigenvalue weighted by atomic mass is 16.2. The number of guanidine groups is 1. The van der Waals surface area contributed by atoms with Crippen LogP contribution in [0.25, 0.3) is 0 Å². The molecular formula is C21H33N5O2. The van der Waals surface area contributed by atoms with Gasteiger partial charge in [0.15, 0.2) is 5.96 Å². The van der Waals surface area contributed by atoms with E-state index >= 15 is 0 Å². The predicted molar refractivity (Wildman–Crippen MR) is 112 cm³/mol. The van der Waals surface area contributed by atoms with Gasteiger partial charge in [-0.05, 0) is 30.5 Å². The van der Waals surface area contributed by atoms with Crippen molar-refractivity contribution in [3.8, 4) is 0 Å². The molecule has 1 fully saturated rings. The summed E-state index contributed by atoms with van der Waals surface area (Å²) in [6, 6.07) is 7.89. The number of carbonyl (C=O) groups is 2. The Labute approximate surface area is 168 Å². The number of likely N-dealkylation sites (N-methyl/N-ethyl adjacent to an activating group) is 1. The van der Waals surface area contributed by atoms with Crippen molar-refractivity contribution in [2.24, 2.45) is 4.99 Å². The molecule has 0 bridgehead atoms. The average molecular weight is 388 g/mol. The summed E-state index contributed by atoms with van der Waals surface area (Å²) in [5.41, 5.74) is 1.67. The van der Waals surface area contributed by atoms with E-state index in [-0.39, 0.29) is 18.4 Å². The molecule has 0 aromatic heterocycles. The highest BCUT2D eigenvalue weighted by molar-refractivity contribution is 5.93. The van der Waals surface area contributed by atoms with Gasteiger partial charge in [-0.1, -0.05) is 31.4 Å². The summed E-state index contributed by atoms with van der Waals surface area (Å²) >= 11 is 0. The molecule has 2 amide bonds. The van der Waals surface area contributed by atoms with Crippen LogP contribution in [0, 0.1) is 0 Å². The van der Waals surface area contributed by atoms with E-state index in [1.165, 1.54) is 19.3 Å². The summed E-state index contributed by atoms with van der Waals surface area (Å²) in [4.78, 5) is 31.7. The lowest BCUT2D eigenvalue weighted by atomic mass is 9.96. The summed E-state index contributed by atoms with van der Waals surface area (Å²) in [5, 5.41) is 6.62. The number of carbonyl (C=O) groups excluding carboxylic acids is 2. The zero-order chi connectivity index (χ0) is 20.5. The van der Waals surface area contributed by atoms with E-state index in [0.717, 1.165) is 18.4 Å². The second kappa shape index (κ2) is 10.7. The van der Waals surface area contributed by atoms with E-state index in [4.69, 9.17) is 0 Å². The van der Waals surface area contributed by atoms with Crippen molar-refractivity contribution in [2.45, 2.75) is 44.7 Å². The van der Waals surface area contributed by atoms with Gasteiger partial charge in [-0.15, -0.1) is 0 Å². The second-order valence-electron chi connectivity index (χ2n) is 7.68. The Hall–Kier alpha value is -2.57. The number of rotatable bonds is 6. The SMILES string of the molecule is CN(C)C(=O)CNC(=NCc1ccc(C(=O)N(C)C)cc1)NC1CCCCC1. The number of hydrogen-bond donors (Lipinski definition) is 2. The van der Waals surface area contributed by atoms with E-state index in [2.05, 4.69) is 15.6 Å². The van der Waals surface area contributed by atoms with Gasteiger partial charge in [0.2, 0.25) is 5.91 Å². The molecule has 28 heavy (non-hydrogen) atoms. The van der Waals surface area contributed by atoms with Crippen LogP contribution in [0.5, 0.6) is 0 Å². The third kappa shape index (κ3) is 6.87. The molecule has 2 N–H and O–H groups in total. The smallest absolute Gasteiger partial charge is 0.253 e. The molecule has 0 heterocycles. The maximum absolute atomic E-state index is 12.0. The molecule has 1 aliphatic rings. The van der Waals surface area contributed by atoms with Crippen LogP contribution in [0.3, 0.4) is 0 Å². The van der Waals surface area contributed by atoms with Crippen LogP contribution >= 0.6 is 0 Å². The van der Waals surface area contributed by atoms with E-state index in [9.17, 15) is 9.59 Å². The minimum absolute atomic E-state index is 0.00435. The standard InChI is InChI=1S/C21H33N5O2/c1-25(2)19(27)15-23-21(24-18-8-6-5-7-9-18)22-14-16-10-12-17(13-11-16)20(28)26(3)4/h10-13,18H,5-9,14-15H2,1-4H3,(H2,22,23,24). The summed E-state index contributed by atoms with van der Waals surface area (Å²) in [6.07, 6.45) is 5.99. The molecule has 0 spiro atoms. The number of nitrogens with one attached hydrogen (secondary N) is 2. The molecule has 0 atom stereocenters. The molecule has 0 radical (unpaired) electrons. The van der Waals surface area contributed by atoms with Gasteiger partial charge in [-0.3, -0.25) is 9.59 Å². The predicted octanol–water partition coefficient (Wildman–Crippen LogP) is 1.84. The molecule has 2 rings (SSSR count). The molecule has 0 saturated heterocycles. The van der Waals surface area contributed by atoms with Gasteiger partial charge in [-0.25, -0.2) is 4.99 Å². The van der Waals surface area contributed by atoms with E-state index in [0.29, 0.717) is 24.1 Å². The van der Waals surface area contributed by atoms with Crippen LogP contribution in [0.15, 0.2) is 29.3 Å². The normalized spacial score (nSPS) is 15.1. The minimum atomic E-state index is -0.0152. The lowest BCUT2D eigenvalue weighted by Gasteiger charge is -2.25. The van der Waals surface area contributed by atoms with Gasteiger partial charge in [0, 0.05) is 39.8 Å². The topological polar surface area (TPSA) is 77.0 Å². The van der Waals surface area contributed by atoms with Crippen LogP contribution in [0.4, 0.5) is 0 Å². The minimum Gasteiger partial charge on any atom is -0.354 e. The van der Waals surface area contributed by atoms with Gasteiger partial charge < -0.3 is 20.4 Å². The first kappa shape index (κ1) is 21.7. The summed E-state index contributed by atoms with van der Waals surface area (Å²) in [6.45, 7) is 0.691. The molecule has 1 saturated carbocycles. The Morgan fingerprint density at radius 3 is 2.21 bits per heavy atom. The van der Waals surface area contributed by atoms with Crippen molar-refractivity contribution in [1.82, 2.24) is 20.4 Å². The van der Waals surface area contributed by atoms with Crippen molar-refractivity contribution in [3.63, 3.8) is 0 Å². The largest absolute Gasteiger partial charge is 0.354 e. The van der Waals surface area contributed by atoms with Gasteiger partial charge >= 0.3 is 0 Å². The van der Waals surface area contributed by atoms with E-state index in [1.807, 2.05) is 24.3 Å². The molecule has 7 nitrogen and oxygen atoms in total. The monoisotopic (exact) mass is 387 g/mol. The molecular weight excluding hydrogens is 354 g/mol. The Morgan fingerprint density at radius 1 is 1.00 bits per heavy atom. The summed E-state index contributed by atoms with van der Waals surface area (Å²) < 4.78 is 0. The molecule has 0 aliphatic heterocycles. The summed E-state index contributed by atoms with van der Waals surface area (Å²) in [7, 11) is 6.97. The van der Waals surface area contributed by atoms with Crippen molar-refractivity contribution in [1.29, 1.82) is 0 Å². The van der Waals surface area contributed by atoms with Crippen molar-refractivity contribution in [3.05, 3.63) is 35.4 Å². The highest BCUT2D eigenvalue weighted by Crippen LogP contribution is 2.17. The molecule has 154 valence electrons. The van der Waals surface area contributed by atoms with Crippen LogP contribution in [0.2, 0.25) is 0 Å². The second-order valence-corrected chi connectivity index (χ2v) is 7.68. The van der Waals surface area contributed by atoms with Crippen LogP contribution in [-0.2, 0) is 11.3 Å². The molecule has 1 aromatic carbocycles. The molecule has 7 heteroatoms. The Bertz CT molecular complexity index is 677. The maximum Gasteiger partial charge on any atom is 0.253 e. The zero-order valence-corrected chi connectivity index (χ0v) is 17.5. The number of nitrogens with zero attached hydrogens (tertiary/aromatic N) is 3. The Balaban J connectivity index is 2.02. The first-order valence-corrected chi connectivity index (χ1v) is 9.92. The number of benzene rings is 1. The average Bonchev–Trinajstić information content (AvgIpc) is 2.70. The van der Waals surface area contributed by atoms with Gasteiger partial charge in [0.05, 0.1) is 13.1 Å². The third-order valence-electron chi connectivity index (χ3n) is 4.88. The van der Waals surface area contributed by atoms with Gasteiger partial charge in [0.1, 0.15) is 0 Å². The number of hydrogen-bond acceptors (Lipinski definition) is 3. The van der Waals surface area contributed by atoms with Crippen LogP contribution in [0.1, 0.15) is 48.0 Å². The third-order valence-corrected chi connectivity index (χ3v) is 4.88. The van der Waals surface area contributed by atoms with Gasteiger partial charge in [-0.2, -0.15) is 0 Å². The molecule has 1 aromatic rings. The Morgan fingerprint density at radius 2 is 1.64 bits per heavy atom. The van der Waals surface area contributed by atoms with Crippen molar-refractivity contribution in [2.75, 3.05) is 34.7 Å². The zero-order valence-electron chi connectivity index (χ0n) is 17.5. The number of aliphatic imine (C=N–C) groups is 1. The lowest BCUT2D eigenvalue weighted by molar-refractivity contribution is -0.127. The van der Waals surface area contributed by atoms with E-state index in [1.54, 1.807) is 38.0 Å². The summed E-state index contributed by atoms with van der Waals surface area (Å²) in [5.74, 6) is 0.652. The fraction of sp³-hybridized carbons (Fsp3) is 0.571. The first-order chi connectivity index (χ1) is 13.4.